The van der Waals surface area contributed by atoms with Crippen LogP contribution in [0.25, 0.3) is 11.0 Å². The van der Waals surface area contributed by atoms with Crippen LogP contribution in [0.4, 0.5) is 5.69 Å². The van der Waals surface area contributed by atoms with Gasteiger partial charge >= 0.3 is 0 Å². The number of aliphatic hydroxyl groups is 4. The Morgan fingerprint density at radius 2 is 1.83 bits per heavy atom. The second-order valence-electron chi connectivity index (χ2n) is 5.25. The van der Waals surface area contributed by atoms with Gasteiger partial charge in [0.1, 0.15) is 24.4 Å². The standard InChI is InChI=1S/C12H15N3O8S/c16-3-5-10(17)11(18)9(12(19)22-5)13-4-1-2-6(24(20)21)8-7(4)14-23-15-8/h1-2,5,9-13,16-19,24H,3H2/t5?,9?,10-,11-,12?/m0/s1. The molecule has 0 amide bonds. The lowest BCUT2D eigenvalue weighted by atomic mass is 9.97. The summed E-state index contributed by atoms with van der Waals surface area (Å²) in [5, 5.41) is 48.9. The maximum atomic E-state index is 11.2. The van der Waals surface area contributed by atoms with Crippen LogP contribution in [0.5, 0.6) is 0 Å². The molecule has 1 saturated heterocycles. The normalized spacial score (nSPS) is 30.8. The molecule has 1 aliphatic rings. The molecule has 3 rings (SSSR count). The molecule has 1 aliphatic heterocycles. The van der Waals surface area contributed by atoms with Gasteiger partial charge in [-0.1, -0.05) is 0 Å². The molecule has 0 bridgehead atoms. The average Bonchev–Trinajstić information content (AvgIpc) is 3.04. The van der Waals surface area contributed by atoms with Gasteiger partial charge in [-0.3, -0.25) is 0 Å². The molecule has 1 aromatic heterocycles. The number of thiol groups is 1. The Bertz CT molecular complexity index is 801. The van der Waals surface area contributed by atoms with Crippen LogP contribution in [0.2, 0.25) is 0 Å². The molecule has 24 heavy (non-hydrogen) atoms. The van der Waals surface area contributed by atoms with E-state index >= 15 is 0 Å². The Labute approximate surface area is 136 Å². The van der Waals surface area contributed by atoms with E-state index in [4.69, 9.17) is 9.84 Å². The highest BCUT2D eigenvalue weighted by Crippen LogP contribution is 2.28. The summed E-state index contributed by atoms with van der Waals surface area (Å²) >= 11 is 0. The van der Waals surface area contributed by atoms with Crippen molar-refractivity contribution in [3.05, 3.63) is 12.1 Å². The Morgan fingerprint density at radius 3 is 2.50 bits per heavy atom. The Morgan fingerprint density at radius 1 is 1.12 bits per heavy atom. The molecule has 132 valence electrons. The minimum atomic E-state index is -2.92. The van der Waals surface area contributed by atoms with Crippen molar-refractivity contribution in [1.82, 2.24) is 10.3 Å². The summed E-state index contributed by atoms with van der Waals surface area (Å²) in [7, 11) is -2.92. The average molecular weight is 361 g/mol. The zero-order valence-corrected chi connectivity index (χ0v) is 12.9. The lowest BCUT2D eigenvalue weighted by molar-refractivity contribution is -0.245. The largest absolute Gasteiger partial charge is 0.394 e. The first kappa shape index (κ1) is 17.0. The molecule has 1 fully saturated rings. The number of fused-ring (bicyclic) bond motifs is 1. The van der Waals surface area contributed by atoms with E-state index in [1.54, 1.807) is 0 Å². The van der Waals surface area contributed by atoms with Crippen molar-refractivity contribution in [2.24, 2.45) is 0 Å². The van der Waals surface area contributed by atoms with Crippen LogP contribution in [-0.4, -0.2) is 76.4 Å². The Balaban J connectivity index is 1.93. The number of hydrogen-bond acceptors (Lipinski definition) is 11. The maximum absolute atomic E-state index is 11.2. The van der Waals surface area contributed by atoms with Crippen molar-refractivity contribution in [1.29, 1.82) is 0 Å². The van der Waals surface area contributed by atoms with E-state index in [1.165, 1.54) is 12.1 Å². The first-order valence-corrected chi connectivity index (χ1v) is 8.08. The number of nitrogens with one attached hydrogen (secondary N) is 1. The third kappa shape index (κ3) is 2.83. The van der Waals surface area contributed by atoms with E-state index in [0.717, 1.165) is 0 Å². The number of anilines is 1. The molecule has 1 aromatic carbocycles. The summed E-state index contributed by atoms with van der Waals surface area (Å²) in [5.74, 6) is 0. The molecule has 5 atom stereocenters. The second kappa shape index (κ2) is 6.58. The van der Waals surface area contributed by atoms with E-state index < -0.39 is 48.0 Å². The molecule has 0 spiro atoms. The van der Waals surface area contributed by atoms with Gasteiger partial charge in [-0.2, -0.15) is 0 Å². The van der Waals surface area contributed by atoms with Gasteiger partial charge in [0.15, 0.2) is 28.0 Å². The van der Waals surface area contributed by atoms with Gasteiger partial charge in [-0.25, -0.2) is 13.0 Å². The van der Waals surface area contributed by atoms with Crippen LogP contribution < -0.4 is 5.32 Å². The number of rotatable bonds is 4. The molecule has 0 saturated carbocycles. The van der Waals surface area contributed by atoms with Crippen molar-refractivity contribution >= 4 is 27.4 Å². The molecular formula is C12H15N3O8S. The lowest BCUT2D eigenvalue weighted by Crippen LogP contribution is -2.61. The molecule has 0 radical (unpaired) electrons. The van der Waals surface area contributed by atoms with Crippen LogP contribution in [0.15, 0.2) is 21.7 Å². The van der Waals surface area contributed by atoms with Crippen LogP contribution >= 0.6 is 0 Å². The van der Waals surface area contributed by atoms with Gasteiger partial charge in [0, 0.05) is 0 Å². The first-order chi connectivity index (χ1) is 11.4. The summed E-state index contributed by atoms with van der Waals surface area (Å²) < 4.78 is 31.9. The minimum absolute atomic E-state index is 0.00870. The zero-order chi connectivity index (χ0) is 17.4. The van der Waals surface area contributed by atoms with Gasteiger partial charge in [0.2, 0.25) is 0 Å². The van der Waals surface area contributed by atoms with Gasteiger partial charge < -0.3 is 30.5 Å². The van der Waals surface area contributed by atoms with Crippen molar-refractivity contribution in [2.75, 3.05) is 11.9 Å². The summed E-state index contributed by atoms with van der Waals surface area (Å²) in [5.41, 5.74) is 0.281. The highest BCUT2D eigenvalue weighted by molar-refractivity contribution is 7.72. The summed E-state index contributed by atoms with van der Waals surface area (Å²) in [4.78, 5) is -0.0897. The Hall–Kier alpha value is -1.83. The van der Waals surface area contributed by atoms with Crippen molar-refractivity contribution < 1.29 is 38.2 Å². The molecular weight excluding hydrogens is 346 g/mol. The number of aliphatic hydroxyl groups excluding tert-OH is 4. The van der Waals surface area contributed by atoms with Crippen LogP contribution in [-0.2, 0) is 15.4 Å². The number of aromatic nitrogens is 2. The molecule has 11 nitrogen and oxygen atoms in total. The van der Waals surface area contributed by atoms with Crippen LogP contribution in [0.1, 0.15) is 0 Å². The first-order valence-electron chi connectivity index (χ1n) is 6.90. The molecule has 5 N–H and O–H groups in total. The van der Waals surface area contributed by atoms with Gasteiger partial charge in [0.05, 0.1) is 17.2 Å². The zero-order valence-electron chi connectivity index (χ0n) is 12.0. The minimum Gasteiger partial charge on any atom is -0.394 e. The van der Waals surface area contributed by atoms with E-state index in [-0.39, 0.29) is 21.6 Å². The molecule has 2 heterocycles. The third-order valence-corrected chi connectivity index (χ3v) is 4.57. The van der Waals surface area contributed by atoms with Gasteiger partial charge in [-0.05, 0) is 22.4 Å². The predicted molar refractivity (Wildman–Crippen MR) is 77.8 cm³/mol. The summed E-state index contributed by atoms with van der Waals surface area (Å²) in [6.45, 7) is -0.579. The van der Waals surface area contributed by atoms with Crippen molar-refractivity contribution in [3.8, 4) is 0 Å². The van der Waals surface area contributed by atoms with Gasteiger partial charge in [-0.15, -0.1) is 0 Å². The number of hydrogen-bond donors (Lipinski definition) is 6. The smallest absolute Gasteiger partial charge is 0.178 e. The SMILES string of the molecule is O=[SH](=O)c1ccc(NC2C(O)OC(CO)[C@H](O)[C@H]2O)c2nonc12. The summed E-state index contributed by atoms with van der Waals surface area (Å²) in [6, 6.07) is 1.46. The van der Waals surface area contributed by atoms with E-state index in [9.17, 15) is 23.7 Å². The topological polar surface area (TPSA) is 175 Å². The fourth-order valence-electron chi connectivity index (χ4n) is 2.55. The van der Waals surface area contributed by atoms with Gasteiger partial charge in [0.25, 0.3) is 0 Å². The molecule has 3 unspecified atom stereocenters. The lowest BCUT2D eigenvalue weighted by Gasteiger charge is -2.40. The van der Waals surface area contributed by atoms with E-state index in [1.807, 2.05) is 0 Å². The highest BCUT2D eigenvalue weighted by atomic mass is 32.2. The monoisotopic (exact) mass is 361 g/mol. The Kier molecular flexibility index (Phi) is 4.67. The molecule has 12 heteroatoms. The van der Waals surface area contributed by atoms with Crippen molar-refractivity contribution in [3.63, 3.8) is 0 Å². The highest BCUT2D eigenvalue weighted by Gasteiger charge is 2.43. The third-order valence-electron chi connectivity index (χ3n) is 3.81. The molecule has 2 aromatic rings. The quantitative estimate of drug-likeness (QED) is 0.315. The van der Waals surface area contributed by atoms with E-state index in [2.05, 4.69) is 20.3 Å². The molecule has 0 aliphatic carbocycles. The number of ether oxygens (including phenoxy) is 1. The fraction of sp³-hybridized carbons (Fsp3) is 0.500. The van der Waals surface area contributed by atoms with Crippen LogP contribution in [0.3, 0.4) is 0 Å². The predicted octanol–water partition coefficient (Wildman–Crippen LogP) is -2.60. The fourth-order valence-corrected chi connectivity index (χ4v) is 3.07. The second-order valence-corrected chi connectivity index (χ2v) is 6.25. The number of nitrogens with zero attached hydrogens (tertiary/aromatic N) is 2. The summed E-state index contributed by atoms with van der Waals surface area (Å²) in [6.07, 6.45) is -5.56. The number of benzene rings is 1. The van der Waals surface area contributed by atoms with Crippen molar-refractivity contribution in [2.45, 2.75) is 35.5 Å². The van der Waals surface area contributed by atoms with Crippen LogP contribution in [0, 0.1) is 0 Å². The van der Waals surface area contributed by atoms with E-state index in [0.29, 0.717) is 0 Å². The maximum Gasteiger partial charge on any atom is 0.178 e.